The van der Waals surface area contributed by atoms with Crippen molar-refractivity contribution in [1.29, 1.82) is 0 Å². The number of nitrogens with zero attached hydrogens (tertiary/aromatic N) is 1. The summed E-state index contributed by atoms with van der Waals surface area (Å²) in [6.45, 7) is 6.26. The van der Waals surface area contributed by atoms with E-state index in [0.717, 1.165) is 25.1 Å². The van der Waals surface area contributed by atoms with Crippen molar-refractivity contribution >= 4 is 5.91 Å². The van der Waals surface area contributed by atoms with Gasteiger partial charge >= 0.3 is 0 Å². The average molecular weight is 290 g/mol. The lowest BCUT2D eigenvalue weighted by Gasteiger charge is -2.30. The van der Waals surface area contributed by atoms with Gasteiger partial charge in [-0.2, -0.15) is 0 Å². The Kier molecular flexibility index (Phi) is 5.62. The number of nitrogens with two attached hydrogens (primary N) is 1. The Morgan fingerprint density at radius 1 is 1.38 bits per heavy atom. The number of hydrogen-bond donors (Lipinski definition) is 1. The number of hydrogen-bond acceptors (Lipinski definition) is 3. The minimum Gasteiger partial charge on any atom is -0.493 e. The lowest BCUT2D eigenvalue weighted by Crippen LogP contribution is -2.46. The number of ether oxygens (including phenoxy) is 1. The van der Waals surface area contributed by atoms with Crippen LogP contribution < -0.4 is 10.5 Å². The first-order chi connectivity index (χ1) is 10.1. The molecule has 1 aromatic rings. The summed E-state index contributed by atoms with van der Waals surface area (Å²) in [4.78, 5) is 13.9. The van der Waals surface area contributed by atoms with Gasteiger partial charge in [0, 0.05) is 19.1 Å². The second-order valence-electron chi connectivity index (χ2n) is 6.06. The predicted octanol–water partition coefficient (Wildman–Crippen LogP) is 2.53. The Morgan fingerprint density at radius 2 is 2.10 bits per heavy atom. The molecule has 1 unspecified atom stereocenters. The molecule has 0 bridgehead atoms. The third-order valence-electron chi connectivity index (χ3n) is 3.94. The van der Waals surface area contributed by atoms with Crippen LogP contribution in [0.25, 0.3) is 0 Å². The largest absolute Gasteiger partial charge is 0.493 e. The van der Waals surface area contributed by atoms with E-state index in [-0.39, 0.29) is 11.9 Å². The fraction of sp³-hybridized carbons (Fsp3) is 0.588. The van der Waals surface area contributed by atoms with Crippen molar-refractivity contribution in [2.75, 3.05) is 19.7 Å². The zero-order valence-corrected chi connectivity index (χ0v) is 13.0. The van der Waals surface area contributed by atoms with Gasteiger partial charge in [-0.05, 0) is 36.5 Å². The molecule has 2 rings (SSSR count). The van der Waals surface area contributed by atoms with E-state index < -0.39 is 0 Å². The zero-order valence-electron chi connectivity index (χ0n) is 13.0. The molecule has 0 radical (unpaired) electrons. The number of rotatable bonds is 5. The van der Waals surface area contributed by atoms with Crippen LogP contribution in [0.15, 0.2) is 24.3 Å². The van der Waals surface area contributed by atoms with Gasteiger partial charge in [0.25, 0.3) is 0 Å². The highest BCUT2D eigenvalue weighted by Crippen LogP contribution is 2.18. The summed E-state index contributed by atoms with van der Waals surface area (Å²) in [5, 5.41) is 0. The monoisotopic (exact) mass is 290 g/mol. The molecule has 1 aliphatic rings. The van der Waals surface area contributed by atoms with E-state index in [9.17, 15) is 4.79 Å². The Hall–Kier alpha value is -1.55. The first-order valence-corrected chi connectivity index (χ1v) is 7.82. The summed E-state index contributed by atoms with van der Waals surface area (Å²) >= 11 is 0. The normalized spacial score (nSPS) is 18.9. The SMILES string of the molecule is CC(C)c1ccc(OCCC(=O)N2CCCC(N)C2)cc1. The maximum Gasteiger partial charge on any atom is 0.226 e. The van der Waals surface area contributed by atoms with E-state index in [1.54, 1.807) is 0 Å². The average Bonchev–Trinajstić information content (AvgIpc) is 2.47. The van der Waals surface area contributed by atoms with Crippen LogP contribution in [0.2, 0.25) is 0 Å². The van der Waals surface area contributed by atoms with Crippen molar-refractivity contribution in [2.24, 2.45) is 5.73 Å². The zero-order chi connectivity index (χ0) is 15.2. The van der Waals surface area contributed by atoms with Crippen LogP contribution in [0, 0.1) is 0 Å². The second kappa shape index (κ2) is 7.46. The molecule has 1 amide bonds. The Balaban J connectivity index is 1.74. The number of piperidine rings is 1. The quantitative estimate of drug-likeness (QED) is 0.906. The highest BCUT2D eigenvalue weighted by Gasteiger charge is 2.20. The predicted molar refractivity (Wildman–Crippen MR) is 84.4 cm³/mol. The topological polar surface area (TPSA) is 55.6 Å². The van der Waals surface area contributed by atoms with Crippen LogP contribution in [0.1, 0.15) is 44.6 Å². The first-order valence-electron chi connectivity index (χ1n) is 7.82. The molecule has 1 aromatic carbocycles. The molecule has 1 saturated heterocycles. The van der Waals surface area contributed by atoms with Gasteiger partial charge in [-0.1, -0.05) is 26.0 Å². The minimum atomic E-state index is 0.132. The molecule has 21 heavy (non-hydrogen) atoms. The van der Waals surface area contributed by atoms with Gasteiger partial charge in [-0.15, -0.1) is 0 Å². The van der Waals surface area contributed by atoms with Gasteiger partial charge in [-0.25, -0.2) is 0 Å². The van der Waals surface area contributed by atoms with Crippen molar-refractivity contribution in [2.45, 2.75) is 45.1 Å². The fourth-order valence-electron chi connectivity index (χ4n) is 2.60. The van der Waals surface area contributed by atoms with Crippen LogP contribution in [0.5, 0.6) is 5.75 Å². The minimum absolute atomic E-state index is 0.132. The fourth-order valence-corrected chi connectivity index (χ4v) is 2.60. The summed E-state index contributed by atoms with van der Waals surface area (Å²) in [6.07, 6.45) is 2.44. The van der Waals surface area contributed by atoms with Crippen molar-refractivity contribution in [3.05, 3.63) is 29.8 Å². The van der Waals surface area contributed by atoms with Crippen LogP contribution in [-0.4, -0.2) is 36.5 Å². The van der Waals surface area contributed by atoms with Crippen LogP contribution in [0.3, 0.4) is 0 Å². The Labute approximate surface area is 127 Å². The van der Waals surface area contributed by atoms with Crippen LogP contribution in [0.4, 0.5) is 0 Å². The summed E-state index contributed by atoms with van der Waals surface area (Å²) in [5.41, 5.74) is 7.19. The molecule has 4 heteroatoms. The molecule has 116 valence electrons. The van der Waals surface area contributed by atoms with E-state index >= 15 is 0 Å². The van der Waals surface area contributed by atoms with E-state index in [1.807, 2.05) is 17.0 Å². The lowest BCUT2D eigenvalue weighted by molar-refractivity contribution is -0.132. The summed E-state index contributed by atoms with van der Waals surface area (Å²) < 4.78 is 5.65. The highest BCUT2D eigenvalue weighted by molar-refractivity contribution is 5.76. The molecule has 0 aliphatic carbocycles. The van der Waals surface area contributed by atoms with Gasteiger partial charge in [0.15, 0.2) is 0 Å². The molecule has 4 nitrogen and oxygen atoms in total. The van der Waals surface area contributed by atoms with Gasteiger partial charge in [-0.3, -0.25) is 4.79 Å². The first kappa shape index (κ1) is 15.8. The van der Waals surface area contributed by atoms with Crippen molar-refractivity contribution < 1.29 is 9.53 Å². The van der Waals surface area contributed by atoms with Crippen molar-refractivity contribution in [1.82, 2.24) is 4.90 Å². The maximum atomic E-state index is 12.1. The molecule has 2 N–H and O–H groups in total. The van der Waals surface area contributed by atoms with Crippen molar-refractivity contribution in [3.8, 4) is 5.75 Å². The Morgan fingerprint density at radius 3 is 2.71 bits per heavy atom. The van der Waals surface area contributed by atoms with Gasteiger partial charge in [0.2, 0.25) is 5.91 Å². The number of carbonyl (C=O) groups excluding carboxylic acids is 1. The molecular formula is C17H26N2O2. The lowest BCUT2D eigenvalue weighted by atomic mass is 10.0. The van der Waals surface area contributed by atoms with Crippen LogP contribution >= 0.6 is 0 Å². The highest BCUT2D eigenvalue weighted by atomic mass is 16.5. The third kappa shape index (κ3) is 4.74. The third-order valence-corrected chi connectivity index (χ3v) is 3.94. The standard InChI is InChI=1S/C17H26N2O2/c1-13(2)14-5-7-16(8-6-14)21-11-9-17(20)19-10-3-4-15(18)12-19/h5-8,13,15H,3-4,9-12,18H2,1-2H3. The van der Waals surface area contributed by atoms with E-state index in [1.165, 1.54) is 5.56 Å². The number of carbonyl (C=O) groups is 1. The van der Waals surface area contributed by atoms with E-state index in [0.29, 0.717) is 25.5 Å². The molecule has 1 aliphatic heterocycles. The molecule has 1 heterocycles. The van der Waals surface area contributed by atoms with Gasteiger partial charge in [0.05, 0.1) is 13.0 Å². The smallest absolute Gasteiger partial charge is 0.226 e. The van der Waals surface area contributed by atoms with Crippen molar-refractivity contribution in [3.63, 3.8) is 0 Å². The summed E-state index contributed by atoms with van der Waals surface area (Å²) in [5.74, 6) is 1.48. The Bertz CT molecular complexity index is 456. The number of benzene rings is 1. The van der Waals surface area contributed by atoms with Crippen LogP contribution in [-0.2, 0) is 4.79 Å². The molecule has 0 saturated carbocycles. The van der Waals surface area contributed by atoms with E-state index in [2.05, 4.69) is 26.0 Å². The van der Waals surface area contributed by atoms with E-state index in [4.69, 9.17) is 10.5 Å². The molecule has 0 aromatic heterocycles. The molecular weight excluding hydrogens is 264 g/mol. The second-order valence-corrected chi connectivity index (χ2v) is 6.06. The molecule has 1 atom stereocenters. The van der Waals surface area contributed by atoms with Gasteiger partial charge in [0.1, 0.15) is 5.75 Å². The van der Waals surface area contributed by atoms with Gasteiger partial charge < -0.3 is 15.4 Å². The number of likely N-dealkylation sites (tertiary alicyclic amines) is 1. The summed E-state index contributed by atoms with van der Waals surface area (Å²) in [6, 6.07) is 8.22. The molecule has 0 spiro atoms. The summed E-state index contributed by atoms with van der Waals surface area (Å²) in [7, 11) is 0. The molecule has 1 fully saturated rings. The number of amides is 1. The maximum absolute atomic E-state index is 12.1.